The van der Waals surface area contributed by atoms with Gasteiger partial charge in [-0.25, -0.2) is 9.97 Å². The van der Waals surface area contributed by atoms with Gasteiger partial charge in [0.25, 0.3) is 0 Å². The molecule has 1 aliphatic heterocycles. The standard InChI is InChI=1S/C12H18ClN3O/c13-11-8-12(16-9-15-11)17-7-1-2-10-3-5-14-6-4-10/h8-10,14H,1-7H2. The Bertz CT molecular complexity index is 342. The number of nitrogens with zero attached hydrogens (tertiary/aromatic N) is 2. The molecule has 0 spiro atoms. The molecule has 1 fully saturated rings. The average molecular weight is 256 g/mol. The third kappa shape index (κ3) is 4.48. The molecule has 0 amide bonds. The SMILES string of the molecule is Clc1cc(OCCCC2CCNCC2)ncn1. The van der Waals surface area contributed by atoms with E-state index in [1.807, 2.05) is 0 Å². The van der Waals surface area contributed by atoms with Crippen LogP contribution >= 0.6 is 11.6 Å². The molecule has 1 saturated heterocycles. The van der Waals surface area contributed by atoms with Crippen molar-refractivity contribution in [3.63, 3.8) is 0 Å². The molecule has 0 saturated carbocycles. The van der Waals surface area contributed by atoms with Crippen LogP contribution in [0.15, 0.2) is 12.4 Å². The van der Waals surface area contributed by atoms with Gasteiger partial charge in [0.2, 0.25) is 5.88 Å². The van der Waals surface area contributed by atoms with Crippen molar-refractivity contribution in [3.8, 4) is 5.88 Å². The second-order valence-electron chi connectivity index (χ2n) is 4.36. The minimum Gasteiger partial charge on any atom is -0.478 e. The lowest BCUT2D eigenvalue weighted by Gasteiger charge is -2.22. The summed E-state index contributed by atoms with van der Waals surface area (Å²) in [6.45, 7) is 3.03. The maximum Gasteiger partial charge on any atom is 0.217 e. The average Bonchev–Trinajstić information content (AvgIpc) is 2.36. The number of piperidine rings is 1. The molecule has 0 aromatic carbocycles. The minimum absolute atomic E-state index is 0.424. The zero-order chi connectivity index (χ0) is 11.9. The number of rotatable bonds is 5. The molecule has 2 heterocycles. The van der Waals surface area contributed by atoms with Crippen LogP contribution in [0.1, 0.15) is 25.7 Å². The van der Waals surface area contributed by atoms with E-state index in [4.69, 9.17) is 16.3 Å². The van der Waals surface area contributed by atoms with E-state index in [9.17, 15) is 0 Å². The molecule has 4 nitrogen and oxygen atoms in total. The van der Waals surface area contributed by atoms with Crippen molar-refractivity contribution in [1.82, 2.24) is 15.3 Å². The summed E-state index contributed by atoms with van der Waals surface area (Å²) >= 11 is 5.74. The lowest BCUT2D eigenvalue weighted by molar-refractivity contribution is 0.266. The zero-order valence-corrected chi connectivity index (χ0v) is 10.6. The van der Waals surface area contributed by atoms with E-state index in [1.165, 1.54) is 25.6 Å². The van der Waals surface area contributed by atoms with Gasteiger partial charge in [-0.2, -0.15) is 0 Å². The van der Waals surface area contributed by atoms with Gasteiger partial charge in [-0.3, -0.25) is 0 Å². The minimum atomic E-state index is 0.424. The van der Waals surface area contributed by atoms with Gasteiger partial charge in [0, 0.05) is 6.07 Å². The Labute approximate surface area is 107 Å². The lowest BCUT2D eigenvalue weighted by atomic mass is 9.93. The van der Waals surface area contributed by atoms with E-state index in [0.29, 0.717) is 17.6 Å². The first-order valence-corrected chi connectivity index (χ1v) is 6.53. The number of nitrogens with one attached hydrogen (secondary N) is 1. The van der Waals surface area contributed by atoms with E-state index in [-0.39, 0.29) is 0 Å². The fraction of sp³-hybridized carbons (Fsp3) is 0.667. The molecule has 0 unspecified atom stereocenters. The van der Waals surface area contributed by atoms with Gasteiger partial charge in [-0.15, -0.1) is 0 Å². The molecule has 1 aromatic rings. The Hall–Kier alpha value is -0.870. The quantitative estimate of drug-likeness (QED) is 0.648. The molecule has 17 heavy (non-hydrogen) atoms. The molecule has 2 rings (SSSR count). The summed E-state index contributed by atoms with van der Waals surface area (Å²) in [4.78, 5) is 7.80. The van der Waals surface area contributed by atoms with Crippen LogP contribution in [0.4, 0.5) is 0 Å². The number of ether oxygens (including phenoxy) is 1. The largest absolute Gasteiger partial charge is 0.478 e. The highest BCUT2D eigenvalue weighted by Gasteiger charge is 2.12. The third-order valence-corrected chi connectivity index (χ3v) is 3.28. The first-order valence-electron chi connectivity index (χ1n) is 6.15. The van der Waals surface area contributed by atoms with Gasteiger partial charge in [0.1, 0.15) is 11.5 Å². The maximum atomic E-state index is 5.74. The van der Waals surface area contributed by atoms with Gasteiger partial charge in [0.15, 0.2) is 0 Å². The summed E-state index contributed by atoms with van der Waals surface area (Å²) in [6.07, 6.45) is 6.32. The van der Waals surface area contributed by atoms with Crippen LogP contribution in [0.2, 0.25) is 5.15 Å². The third-order valence-electron chi connectivity index (χ3n) is 3.07. The van der Waals surface area contributed by atoms with Crippen molar-refractivity contribution in [2.24, 2.45) is 5.92 Å². The molecule has 1 aromatic heterocycles. The highest BCUT2D eigenvalue weighted by Crippen LogP contribution is 2.18. The number of hydrogen-bond donors (Lipinski definition) is 1. The highest BCUT2D eigenvalue weighted by atomic mass is 35.5. The molecule has 1 N–H and O–H groups in total. The van der Waals surface area contributed by atoms with Crippen molar-refractivity contribution in [1.29, 1.82) is 0 Å². The molecule has 0 bridgehead atoms. The van der Waals surface area contributed by atoms with Gasteiger partial charge >= 0.3 is 0 Å². The van der Waals surface area contributed by atoms with E-state index in [1.54, 1.807) is 6.07 Å². The van der Waals surface area contributed by atoms with Crippen molar-refractivity contribution in [2.45, 2.75) is 25.7 Å². The Morgan fingerprint density at radius 3 is 2.94 bits per heavy atom. The van der Waals surface area contributed by atoms with Crippen molar-refractivity contribution in [2.75, 3.05) is 19.7 Å². The zero-order valence-electron chi connectivity index (χ0n) is 9.86. The van der Waals surface area contributed by atoms with Gasteiger partial charge in [-0.05, 0) is 44.7 Å². The van der Waals surface area contributed by atoms with Gasteiger partial charge < -0.3 is 10.1 Å². The first-order chi connectivity index (χ1) is 8.34. The Kier molecular flexibility index (Phi) is 5.01. The van der Waals surface area contributed by atoms with E-state index >= 15 is 0 Å². The maximum absolute atomic E-state index is 5.74. The summed E-state index contributed by atoms with van der Waals surface area (Å²) in [5, 5.41) is 3.80. The van der Waals surface area contributed by atoms with Crippen LogP contribution < -0.4 is 10.1 Å². The summed E-state index contributed by atoms with van der Waals surface area (Å²) in [5.41, 5.74) is 0. The summed E-state index contributed by atoms with van der Waals surface area (Å²) in [7, 11) is 0. The molecular weight excluding hydrogens is 238 g/mol. The van der Waals surface area contributed by atoms with Crippen LogP contribution in [-0.4, -0.2) is 29.7 Å². The summed E-state index contributed by atoms with van der Waals surface area (Å²) in [6, 6.07) is 1.64. The lowest BCUT2D eigenvalue weighted by Crippen LogP contribution is -2.27. The van der Waals surface area contributed by atoms with Gasteiger partial charge in [-0.1, -0.05) is 11.6 Å². The molecule has 0 radical (unpaired) electrons. The second kappa shape index (κ2) is 6.77. The molecule has 0 atom stereocenters. The molecule has 94 valence electrons. The van der Waals surface area contributed by atoms with E-state index in [0.717, 1.165) is 25.4 Å². The number of aromatic nitrogens is 2. The number of hydrogen-bond acceptors (Lipinski definition) is 4. The topological polar surface area (TPSA) is 47.0 Å². The normalized spacial score (nSPS) is 17.0. The van der Waals surface area contributed by atoms with Crippen LogP contribution in [0, 0.1) is 5.92 Å². The predicted molar refractivity (Wildman–Crippen MR) is 67.4 cm³/mol. The predicted octanol–water partition coefficient (Wildman–Crippen LogP) is 2.29. The monoisotopic (exact) mass is 255 g/mol. The van der Waals surface area contributed by atoms with Crippen LogP contribution in [0.5, 0.6) is 5.88 Å². The van der Waals surface area contributed by atoms with Crippen LogP contribution in [-0.2, 0) is 0 Å². The van der Waals surface area contributed by atoms with E-state index < -0.39 is 0 Å². The molecular formula is C12H18ClN3O. The summed E-state index contributed by atoms with van der Waals surface area (Å²) < 4.78 is 5.53. The van der Waals surface area contributed by atoms with Crippen molar-refractivity contribution < 1.29 is 4.74 Å². The fourth-order valence-electron chi connectivity index (χ4n) is 2.12. The Balaban J connectivity index is 1.62. The van der Waals surface area contributed by atoms with Crippen molar-refractivity contribution >= 4 is 11.6 Å². The second-order valence-corrected chi connectivity index (χ2v) is 4.75. The summed E-state index contributed by atoms with van der Waals surface area (Å²) in [5.74, 6) is 1.42. The fourth-order valence-corrected chi connectivity index (χ4v) is 2.25. The van der Waals surface area contributed by atoms with Gasteiger partial charge in [0.05, 0.1) is 6.61 Å². The smallest absolute Gasteiger partial charge is 0.217 e. The molecule has 0 aliphatic carbocycles. The van der Waals surface area contributed by atoms with E-state index in [2.05, 4.69) is 15.3 Å². The Morgan fingerprint density at radius 2 is 2.18 bits per heavy atom. The van der Waals surface area contributed by atoms with Crippen LogP contribution in [0.25, 0.3) is 0 Å². The first kappa shape index (κ1) is 12.6. The highest BCUT2D eigenvalue weighted by molar-refractivity contribution is 6.29. The molecule has 5 heteroatoms. The Morgan fingerprint density at radius 1 is 1.35 bits per heavy atom. The molecule has 1 aliphatic rings. The van der Waals surface area contributed by atoms with Crippen LogP contribution in [0.3, 0.4) is 0 Å². The number of halogens is 1. The van der Waals surface area contributed by atoms with Crippen molar-refractivity contribution in [3.05, 3.63) is 17.5 Å².